The largest absolute Gasteiger partial charge is 0.480 e. The molecular weight excluding hydrogens is 300 g/mol. The molecule has 114 valence electrons. The topological polar surface area (TPSA) is 61.9 Å². The second kappa shape index (κ2) is 5.76. The highest BCUT2D eigenvalue weighted by Crippen LogP contribution is 2.20. The van der Waals surface area contributed by atoms with Crippen molar-refractivity contribution < 1.29 is 4.74 Å². The molecule has 7 heteroatoms. The van der Waals surface area contributed by atoms with Gasteiger partial charge in [-0.05, 0) is 42.6 Å². The SMILES string of the molecule is COc1nscc1Cn1c(=O)ncn1-c1cc(C)ccc1C. The number of ether oxygens (including phenoxy) is 1. The van der Waals surface area contributed by atoms with Crippen LogP contribution in [0.3, 0.4) is 0 Å². The van der Waals surface area contributed by atoms with Crippen LogP contribution < -0.4 is 10.4 Å². The molecule has 3 aromatic rings. The third kappa shape index (κ3) is 2.55. The lowest BCUT2D eigenvalue weighted by Gasteiger charge is -2.13. The van der Waals surface area contributed by atoms with Gasteiger partial charge in [-0.1, -0.05) is 12.1 Å². The van der Waals surface area contributed by atoms with Crippen LogP contribution in [0.4, 0.5) is 0 Å². The molecule has 1 aromatic carbocycles. The summed E-state index contributed by atoms with van der Waals surface area (Å²) in [4.78, 5) is 16.0. The molecule has 0 aliphatic rings. The lowest BCUT2D eigenvalue weighted by molar-refractivity contribution is 0.394. The Morgan fingerprint density at radius 1 is 1.32 bits per heavy atom. The predicted octanol–water partition coefficient (Wildman–Crippen LogP) is 2.16. The average molecular weight is 316 g/mol. The Morgan fingerprint density at radius 3 is 2.91 bits per heavy atom. The summed E-state index contributed by atoms with van der Waals surface area (Å²) < 4.78 is 12.7. The van der Waals surface area contributed by atoms with Crippen molar-refractivity contribution >= 4 is 11.5 Å². The number of hydrogen-bond acceptors (Lipinski definition) is 5. The maximum absolute atomic E-state index is 12.1. The van der Waals surface area contributed by atoms with E-state index in [1.54, 1.807) is 22.8 Å². The number of hydrogen-bond donors (Lipinski definition) is 0. The molecule has 3 rings (SSSR count). The van der Waals surface area contributed by atoms with Gasteiger partial charge in [-0.3, -0.25) is 0 Å². The maximum atomic E-state index is 12.1. The first-order valence-electron chi connectivity index (χ1n) is 6.79. The number of nitrogens with zero attached hydrogens (tertiary/aromatic N) is 4. The van der Waals surface area contributed by atoms with E-state index < -0.39 is 0 Å². The van der Waals surface area contributed by atoms with Crippen molar-refractivity contribution in [1.82, 2.24) is 18.7 Å². The molecule has 0 saturated carbocycles. The molecule has 0 radical (unpaired) electrons. The quantitative estimate of drug-likeness (QED) is 0.740. The first kappa shape index (κ1) is 14.5. The molecule has 0 spiro atoms. The average Bonchev–Trinajstić information content (AvgIpc) is 3.10. The molecule has 0 fully saturated rings. The molecule has 0 bridgehead atoms. The maximum Gasteiger partial charge on any atom is 0.364 e. The zero-order chi connectivity index (χ0) is 15.7. The minimum absolute atomic E-state index is 0.297. The van der Waals surface area contributed by atoms with Crippen molar-refractivity contribution in [3.05, 3.63) is 57.1 Å². The zero-order valence-corrected chi connectivity index (χ0v) is 13.4. The third-order valence-corrected chi connectivity index (χ3v) is 4.15. The summed E-state index contributed by atoms with van der Waals surface area (Å²) in [5, 5.41) is 1.88. The second-order valence-corrected chi connectivity index (χ2v) is 5.70. The second-order valence-electron chi connectivity index (χ2n) is 5.07. The number of rotatable bonds is 4. The van der Waals surface area contributed by atoms with Crippen LogP contribution in [0.5, 0.6) is 5.88 Å². The highest BCUT2D eigenvalue weighted by atomic mass is 32.1. The summed E-state index contributed by atoms with van der Waals surface area (Å²) >= 11 is 1.31. The molecule has 0 atom stereocenters. The first-order chi connectivity index (χ1) is 10.6. The van der Waals surface area contributed by atoms with E-state index in [1.807, 2.05) is 37.4 Å². The van der Waals surface area contributed by atoms with Crippen molar-refractivity contribution in [2.75, 3.05) is 7.11 Å². The van der Waals surface area contributed by atoms with Gasteiger partial charge in [-0.25, -0.2) is 14.2 Å². The summed E-state index contributed by atoms with van der Waals surface area (Å²) in [6.45, 7) is 4.40. The van der Waals surface area contributed by atoms with Crippen molar-refractivity contribution in [2.24, 2.45) is 0 Å². The number of aromatic nitrogens is 4. The Hall–Kier alpha value is -2.41. The molecule has 0 N–H and O–H groups in total. The van der Waals surface area contributed by atoms with Crippen molar-refractivity contribution in [1.29, 1.82) is 0 Å². The van der Waals surface area contributed by atoms with Gasteiger partial charge in [0.25, 0.3) is 0 Å². The zero-order valence-electron chi connectivity index (χ0n) is 12.6. The molecule has 0 unspecified atom stereocenters. The first-order valence-corrected chi connectivity index (χ1v) is 7.63. The fraction of sp³-hybridized carbons (Fsp3) is 0.267. The van der Waals surface area contributed by atoms with E-state index in [9.17, 15) is 4.79 Å². The normalized spacial score (nSPS) is 10.9. The highest BCUT2D eigenvalue weighted by Gasteiger charge is 2.13. The van der Waals surface area contributed by atoms with Gasteiger partial charge in [0.2, 0.25) is 5.88 Å². The molecular formula is C15H16N4O2S. The lowest BCUT2D eigenvalue weighted by atomic mass is 10.1. The van der Waals surface area contributed by atoms with Gasteiger partial charge in [-0.15, -0.1) is 0 Å². The van der Waals surface area contributed by atoms with E-state index in [0.717, 1.165) is 22.4 Å². The van der Waals surface area contributed by atoms with Crippen LogP contribution in [-0.2, 0) is 6.54 Å². The number of methoxy groups -OCH3 is 1. The van der Waals surface area contributed by atoms with E-state index in [4.69, 9.17) is 4.74 Å². The molecule has 6 nitrogen and oxygen atoms in total. The fourth-order valence-corrected chi connectivity index (χ4v) is 2.95. The Balaban J connectivity index is 2.08. The Bertz CT molecular complexity index is 863. The Kier molecular flexibility index (Phi) is 3.81. The lowest BCUT2D eigenvalue weighted by Crippen LogP contribution is -2.24. The van der Waals surface area contributed by atoms with Crippen LogP contribution in [0, 0.1) is 13.8 Å². The summed E-state index contributed by atoms with van der Waals surface area (Å²) in [5.41, 5.74) is 3.71. The van der Waals surface area contributed by atoms with E-state index in [2.05, 4.69) is 9.36 Å². The van der Waals surface area contributed by atoms with Gasteiger partial charge in [0.05, 0.1) is 19.3 Å². The number of aryl methyl sites for hydroxylation is 2. The van der Waals surface area contributed by atoms with Gasteiger partial charge in [0.15, 0.2) is 0 Å². The molecule has 2 heterocycles. The predicted molar refractivity (Wildman–Crippen MR) is 85.1 cm³/mol. The highest BCUT2D eigenvalue weighted by molar-refractivity contribution is 7.03. The van der Waals surface area contributed by atoms with Crippen LogP contribution in [0.2, 0.25) is 0 Å². The van der Waals surface area contributed by atoms with Crippen molar-refractivity contribution in [3.8, 4) is 11.6 Å². The minimum Gasteiger partial charge on any atom is -0.480 e. The summed E-state index contributed by atoms with van der Waals surface area (Å²) in [6, 6.07) is 6.12. The van der Waals surface area contributed by atoms with Gasteiger partial charge in [0.1, 0.15) is 6.33 Å². The molecule has 22 heavy (non-hydrogen) atoms. The van der Waals surface area contributed by atoms with E-state index >= 15 is 0 Å². The van der Waals surface area contributed by atoms with Crippen molar-refractivity contribution in [3.63, 3.8) is 0 Å². The van der Waals surface area contributed by atoms with E-state index in [0.29, 0.717) is 12.4 Å². The van der Waals surface area contributed by atoms with Crippen LogP contribution in [0.25, 0.3) is 5.69 Å². The smallest absolute Gasteiger partial charge is 0.364 e. The van der Waals surface area contributed by atoms with Crippen LogP contribution >= 0.6 is 11.5 Å². The molecule has 0 saturated heterocycles. The van der Waals surface area contributed by atoms with Crippen LogP contribution in [0.1, 0.15) is 16.7 Å². The molecule has 0 amide bonds. The van der Waals surface area contributed by atoms with Gasteiger partial charge < -0.3 is 4.74 Å². The third-order valence-electron chi connectivity index (χ3n) is 3.49. The Morgan fingerprint density at radius 2 is 2.14 bits per heavy atom. The van der Waals surface area contributed by atoms with Crippen LogP contribution in [0.15, 0.2) is 34.7 Å². The summed E-state index contributed by atoms with van der Waals surface area (Å²) in [5.74, 6) is 0.547. The standard InChI is InChI=1S/C15H16N4O2S/c1-10-4-5-11(2)13(6-10)19-9-16-15(20)18(19)7-12-8-22-17-14(12)21-3/h4-6,8-9H,7H2,1-3H3. The van der Waals surface area contributed by atoms with Crippen molar-refractivity contribution in [2.45, 2.75) is 20.4 Å². The van der Waals surface area contributed by atoms with Gasteiger partial charge in [-0.2, -0.15) is 9.36 Å². The number of benzene rings is 1. The monoisotopic (exact) mass is 316 g/mol. The molecule has 2 aromatic heterocycles. The minimum atomic E-state index is -0.297. The van der Waals surface area contributed by atoms with Gasteiger partial charge in [0, 0.05) is 10.9 Å². The van der Waals surface area contributed by atoms with E-state index in [-0.39, 0.29) is 5.69 Å². The van der Waals surface area contributed by atoms with Crippen LogP contribution in [-0.4, -0.2) is 25.8 Å². The van der Waals surface area contributed by atoms with E-state index in [1.165, 1.54) is 11.5 Å². The molecule has 0 aliphatic carbocycles. The fourth-order valence-electron chi connectivity index (χ4n) is 2.31. The summed E-state index contributed by atoms with van der Waals surface area (Å²) in [7, 11) is 1.57. The summed E-state index contributed by atoms with van der Waals surface area (Å²) in [6.07, 6.45) is 1.55. The Labute approximate surface area is 131 Å². The van der Waals surface area contributed by atoms with Gasteiger partial charge >= 0.3 is 5.69 Å². The molecule has 0 aliphatic heterocycles.